The first-order chi connectivity index (χ1) is 11.9. The number of rotatable bonds is 5. The Kier molecular flexibility index (Phi) is 4.67. The molecule has 0 radical (unpaired) electrons. The van der Waals surface area contributed by atoms with Gasteiger partial charge in [0.05, 0.1) is 12.9 Å². The van der Waals surface area contributed by atoms with Crippen LogP contribution in [0, 0.1) is 0 Å². The number of methoxy groups -OCH3 is 1. The van der Waals surface area contributed by atoms with Gasteiger partial charge in [-0.1, -0.05) is 37.7 Å². The minimum atomic E-state index is -0.174. The van der Waals surface area contributed by atoms with Crippen LogP contribution in [0.25, 0.3) is 11.4 Å². The summed E-state index contributed by atoms with van der Waals surface area (Å²) < 4.78 is 11.9. The standard InChI is InChI=1S/C16H20N6O2S/c1-16(2,3)14-19-20-15(22(14)17)25-9-12-18-13(21-24-12)10-5-7-11(23-4)8-6-10/h5-8H,9,17H2,1-4H3. The van der Waals surface area contributed by atoms with E-state index < -0.39 is 0 Å². The van der Waals surface area contributed by atoms with Gasteiger partial charge in [-0.05, 0) is 24.3 Å². The number of aromatic nitrogens is 5. The summed E-state index contributed by atoms with van der Waals surface area (Å²) in [5.41, 5.74) is 0.685. The molecule has 0 aliphatic rings. The third kappa shape index (κ3) is 3.76. The van der Waals surface area contributed by atoms with Crippen LogP contribution in [0.3, 0.4) is 0 Å². The molecule has 0 fully saturated rings. The predicted octanol–water partition coefficient (Wildman–Crippen LogP) is 2.64. The van der Waals surface area contributed by atoms with E-state index in [4.69, 9.17) is 15.1 Å². The first-order valence-corrected chi connectivity index (χ1v) is 8.68. The van der Waals surface area contributed by atoms with E-state index in [1.807, 2.05) is 45.0 Å². The van der Waals surface area contributed by atoms with Gasteiger partial charge in [0.15, 0.2) is 5.82 Å². The molecule has 8 nitrogen and oxygen atoms in total. The Morgan fingerprint density at radius 1 is 1.20 bits per heavy atom. The minimum absolute atomic E-state index is 0.174. The lowest BCUT2D eigenvalue weighted by atomic mass is 9.96. The molecular weight excluding hydrogens is 340 g/mol. The second-order valence-electron chi connectivity index (χ2n) is 6.46. The fourth-order valence-electron chi connectivity index (χ4n) is 2.18. The molecule has 0 aliphatic carbocycles. The first kappa shape index (κ1) is 17.3. The third-order valence-corrected chi connectivity index (χ3v) is 4.40. The Morgan fingerprint density at radius 3 is 2.52 bits per heavy atom. The van der Waals surface area contributed by atoms with E-state index in [1.165, 1.54) is 16.4 Å². The van der Waals surface area contributed by atoms with Crippen LogP contribution in [0.2, 0.25) is 0 Å². The summed E-state index contributed by atoms with van der Waals surface area (Å²) >= 11 is 1.40. The van der Waals surface area contributed by atoms with Crippen LogP contribution in [0.5, 0.6) is 5.75 Å². The fraction of sp³-hybridized carbons (Fsp3) is 0.375. The van der Waals surface area contributed by atoms with Crippen molar-refractivity contribution in [1.29, 1.82) is 0 Å². The number of hydrogen-bond donors (Lipinski definition) is 1. The van der Waals surface area contributed by atoms with Crippen LogP contribution in [-0.2, 0) is 11.2 Å². The molecular formula is C16H20N6O2S. The molecule has 1 aromatic carbocycles. The minimum Gasteiger partial charge on any atom is -0.497 e. The van der Waals surface area contributed by atoms with Gasteiger partial charge in [0.25, 0.3) is 0 Å². The Bertz CT molecular complexity index is 850. The van der Waals surface area contributed by atoms with Gasteiger partial charge in [-0.15, -0.1) is 10.2 Å². The van der Waals surface area contributed by atoms with Gasteiger partial charge in [0.2, 0.25) is 16.9 Å². The highest BCUT2D eigenvalue weighted by molar-refractivity contribution is 7.98. The van der Waals surface area contributed by atoms with E-state index in [2.05, 4.69) is 20.3 Å². The van der Waals surface area contributed by atoms with Crippen molar-refractivity contribution < 1.29 is 9.26 Å². The van der Waals surface area contributed by atoms with Gasteiger partial charge in [0, 0.05) is 11.0 Å². The topological polar surface area (TPSA) is 105 Å². The summed E-state index contributed by atoms with van der Waals surface area (Å²) in [5, 5.41) is 12.9. The zero-order valence-corrected chi connectivity index (χ0v) is 15.4. The van der Waals surface area contributed by atoms with Gasteiger partial charge in [-0.3, -0.25) is 0 Å². The Balaban J connectivity index is 1.69. The van der Waals surface area contributed by atoms with Crippen molar-refractivity contribution in [3.05, 3.63) is 36.0 Å². The number of nitrogens with zero attached hydrogens (tertiary/aromatic N) is 5. The third-order valence-electron chi connectivity index (χ3n) is 3.48. The molecule has 0 spiro atoms. The summed E-state index contributed by atoms with van der Waals surface area (Å²) in [7, 11) is 1.62. The van der Waals surface area contributed by atoms with E-state index in [1.54, 1.807) is 7.11 Å². The van der Waals surface area contributed by atoms with Crippen molar-refractivity contribution >= 4 is 11.8 Å². The SMILES string of the molecule is COc1ccc(-c2noc(CSc3nnc(C(C)(C)C)n3N)n2)cc1. The molecule has 25 heavy (non-hydrogen) atoms. The van der Waals surface area contributed by atoms with E-state index in [9.17, 15) is 0 Å². The molecule has 0 amide bonds. The maximum Gasteiger partial charge on any atom is 0.237 e. The highest BCUT2D eigenvalue weighted by Gasteiger charge is 2.23. The van der Waals surface area contributed by atoms with Crippen molar-refractivity contribution in [3.63, 3.8) is 0 Å². The molecule has 0 atom stereocenters. The molecule has 0 saturated heterocycles. The first-order valence-electron chi connectivity index (χ1n) is 7.69. The molecule has 2 N–H and O–H groups in total. The van der Waals surface area contributed by atoms with E-state index in [0.29, 0.717) is 22.6 Å². The van der Waals surface area contributed by atoms with Crippen LogP contribution in [0.4, 0.5) is 0 Å². The quantitative estimate of drug-likeness (QED) is 0.547. The van der Waals surface area contributed by atoms with E-state index in [-0.39, 0.29) is 5.41 Å². The van der Waals surface area contributed by atoms with Crippen molar-refractivity contribution in [2.75, 3.05) is 13.0 Å². The molecule has 9 heteroatoms. The largest absolute Gasteiger partial charge is 0.497 e. The maximum atomic E-state index is 6.07. The summed E-state index contributed by atoms with van der Waals surface area (Å²) in [5.74, 6) is 9.06. The average Bonchev–Trinajstić information content (AvgIpc) is 3.19. The normalized spacial score (nSPS) is 11.7. The number of nitrogen functional groups attached to an aromatic ring is 1. The monoisotopic (exact) mass is 360 g/mol. The van der Waals surface area contributed by atoms with E-state index >= 15 is 0 Å². The smallest absolute Gasteiger partial charge is 0.237 e. The zero-order chi connectivity index (χ0) is 18.0. The lowest BCUT2D eigenvalue weighted by Crippen LogP contribution is -2.24. The number of benzene rings is 1. The van der Waals surface area contributed by atoms with Gasteiger partial charge < -0.3 is 15.1 Å². The van der Waals surface area contributed by atoms with Gasteiger partial charge in [-0.2, -0.15) is 4.98 Å². The van der Waals surface area contributed by atoms with Crippen molar-refractivity contribution in [3.8, 4) is 17.1 Å². The predicted molar refractivity (Wildman–Crippen MR) is 94.7 cm³/mol. The number of hydrogen-bond acceptors (Lipinski definition) is 8. The van der Waals surface area contributed by atoms with Gasteiger partial charge in [0.1, 0.15) is 5.75 Å². The molecule has 0 bridgehead atoms. The molecule has 2 aromatic heterocycles. The lowest BCUT2D eigenvalue weighted by Gasteiger charge is -2.16. The molecule has 0 unspecified atom stereocenters. The summed E-state index contributed by atoms with van der Waals surface area (Å²) in [4.78, 5) is 4.40. The number of thioether (sulfide) groups is 1. The number of ether oxygens (including phenoxy) is 1. The summed E-state index contributed by atoms with van der Waals surface area (Å²) in [6, 6.07) is 7.47. The summed E-state index contributed by atoms with van der Waals surface area (Å²) in [6.45, 7) is 6.11. The average molecular weight is 360 g/mol. The Morgan fingerprint density at radius 2 is 1.92 bits per heavy atom. The zero-order valence-electron chi connectivity index (χ0n) is 14.6. The van der Waals surface area contributed by atoms with Crippen LogP contribution in [-0.4, -0.2) is 32.1 Å². The highest BCUT2D eigenvalue weighted by atomic mass is 32.2. The maximum absolute atomic E-state index is 6.07. The van der Waals surface area contributed by atoms with Crippen LogP contribution in [0.15, 0.2) is 33.9 Å². The van der Waals surface area contributed by atoms with Crippen LogP contribution < -0.4 is 10.6 Å². The van der Waals surface area contributed by atoms with Gasteiger partial charge >= 0.3 is 0 Å². The lowest BCUT2D eigenvalue weighted by molar-refractivity contribution is 0.391. The highest BCUT2D eigenvalue weighted by Crippen LogP contribution is 2.26. The van der Waals surface area contributed by atoms with Crippen molar-refractivity contribution in [2.45, 2.75) is 37.1 Å². The molecule has 3 rings (SSSR count). The molecule has 3 aromatic rings. The fourth-order valence-corrected chi connectivity index (χ4v) is 2.88. The summed E-state index contributed by atoms with van der Waals surface area (Å²) in [6.07, 6.45) is 0. The Labute approximate surface area is 149 Å². The molecule has 132 valence electrons. The van der Waals surface area contributed by atoms with Crippen LogP contribution >= 0.6 is 11.8 Å². The second-order valence-corrected chi connectivity index (χ2v) is 7.40. The molecule has 2 heterocycles. The van der Waals surface area contributed by atoms with Crippen LogP contribution in [0.1, 0.15) is 32.5 Å². The number of nitrogens with two attached hydrogens (primary N) is 1. The van der Waals surface area contributed by atoms with E-state index in [0.717, 1.165) is 17.1 Å². The van der Waals surface area contributed by atoms with Crippen molar-refractivity contribution in [1.82, 2.24) is 25.0 Å². The molecule has 0 aliphatic heterocycles. The van der Waals surface area contributed by atoms with Crippen molar-refractivity contribution in [2.24, 2.45) is 0 Å². The molecule has 0 saturated carbocycles. The Hall–Kier alpha value is -2.55. The van der Waals surface area contributed by atoms with Gasteiger partial charge in [-0.25, -0.2) is 4.68 Å². The second kappa shape index (κ2) is 6.75.